The van der Waals surface area contributed by atoms with Crippen LogP contribution in [0.4, 0.5) is 0 Å². The van der Waals surface area contributed by atoms with E-state index in [1.54, 1.807) is 14.2 Å². The second-order valence-corrected chi connectivity index (χ2v) is 4.52. The molecule has 3 heteroatoms. The van der Waals surface area contributed by atoms with Crippen LogP contribution in [0, 0.1) is 0 Å². The van der Waals surface area contributed by atoms with Crippen LogP contribution in [0.1, 0.15) is 18.9 Å². The number of rotatable bonds is 3. The van der Waals surface area contributed by atoms with Crippen molar-refractivity contribution in [2.45, 2.75) is 18.9 Å². The largest absolute Gasteiger partial charge is 0.493 e. The van der Waals surface area contributed by atoms with Crippen LogP contribution in [-0.2, 0) is 10.3 Å². The molecule has 1 fully saturated rings. The maximum absolute atomic E-state index is 5.82. The first-order valence-electron chi connectivity index (χ1n) is 5.62. The van der Waals surface area contributed by atoms with Crippen molar-refractivity contribution in [2.75, 3.05) is 20.8 Å². The third kappa shape index (κ3) is 2.15. The van der Waals surface area contributed by atoms with Crippen LogP contribution in [0.15, 0.2) is 30.4 Å². The highest BCUT2D eigenvalue weighted by Crippen LogP contribution is 2.40. The Morgan fingerprint density at radius 2 is 1.94 bits per heavy atom. The summed E-state index contributed by atoms with van der Waals surface area (Å²) in [7, 11) is 3.27. The molecular formula is C14H18O3. The van der Waals surface area contributed by atoms with Crippen LogP contribution >= 0.6 is 0 Å². The van der Waals surface area contributed by atoms with E-state index < -0.39 is 0 Å². The second-order valence-electron chi connectivity index (χ2n) is 4.52. The molecule has 92 valence electrons. The molecule has 1 atom stereocenters. The summed E-state index contributed by atoms with van der Waals surface area (Å²) in [5.41, 5.74) is 1.92. The van der Waals surface area contributed by atoms with Gasteiger partial charge in [-0.05, 0) is 30.2 Å². The molecule has 0 aliphatic carbocycles. The lowest BCUT2D eigenvalue weighted by molar-refractivity contribution is 0.0175. The van der Waals surface area contributed by atoms with Crippen LogP contribution < -0.4 is 9.47 Å². The third-order valence-corrected chi connectivity index (χ3v) is 3.18. The first kappa shape index (κ1) is 12.0. The number of benzene rings is 1. The molecule has 0 amide bonds. The molecule has 1 unspecified atom stereocenters. The lowest BCUT2D eigenvalue weighted by atomic mass is 9.91. The molecule has 3 nitrogen and oxygen atoms in total. The molecule has 1 heterocycles. The topological polar surface area (TPSA) is 27.7 Å². The highest BCUT2D eigenvalue weighted by molar-refractivity contribution is 5.45. The minimum absolute atomic E-state index is 0.295. The maximum atomic E-state index is 5.82. The molecule has 0 radical (unpaired) electrons. The molecule has 1 aromatic rings. The summed E-state index contributed by atoms with van der Waals surface area (Å²) >= 11 is 0. The SMILES string of the molecule is C=C1COC(C)(c2ccc(OC)c(OC)c2)C1. The fourth-order valence-electron chi connectivity index (χ4n) is 2.19. The van der Waals surface area contributed by atoms with E-state index in [4.69, 9.17) is 14.2 Å². The highest BCUT2D eigenvalue weighted by Gasteiger charge is 2.34. The monoisotopic (exact) mass is 234 g/mol. The Hall–Kier alpha value is -1.48. The standard InChI is InChI=1S/C14H18O3/c1-10-8-14(2,17-9-10)11-5-6-12(15-3)13(7-11)16-4/h5-7H,1,8-9H2,2-4H3. The number of methoxy groups -OCH3 is 2. The summed E-state index contributed by atoms with van der Waals surface area (Å²) in [6.07, 6.45) is 0.850. The molecule has 2 rings (SSSR count). The van der Waals surface area contributed by atoms with Crippen molar-refractivity contribution in [1.29, 1.82) is 0 Å². The Kier molecular flexibility index (Phi) is 3.11. The Morgan fingerprint density at radius 3 is 2.47 bits per heavy atom. The van der Waals surface area contributed by atoms with Gasteiger partial charge in [-0.1, -0.05) is 12.6 Å². The van der Waals surface area contributed by atoms with Crippen LogP contribution in [0.5, 0.6) is 11.5 Å². The second kappa shape index (κ2) is 4.41. The van der Waals surface area contributed by atoms with Crippen molar-refractivity contribution in [3.63, 3.8) is 0 Å². The molecule has 1 aliphatic heterocycles. The molecule has 0 saturated carbocycles. The highest BCUT2D eigenvalue weighted by atomic mass is 16.5. The Bertz CT molecular complexity index is 439. The average molecular weight is 234 g/mol. The van der Waals surface area contributed by atoms with Crippen LogP contribution in [-0.4, -0.2) is 20.8 Å². The normalized spacial score (nSPS) is 23.8. The summed E-state index contributed by atoms with van der Waals surface area (Å²) in [5, 5.41) is 0. The van der Waals surface area contributed by atoms with Gasteiger partial charge in [-0.2, -0.15) is 0 Å². The van der Waals surface area contributed by atoms with E-state index in [-0.39, 0.29) is 5.60 Å². The Labute approximate surface area is 102 Å². The van der Waals surface area contributed by atoms with Crippen LogP contribution in [0.3, 0.4) is 0 Å². The molecule has 17 heavy (non-hydrogen) atoms. The Balaban J connectivity index is 2.36. The van der Waals surface area contributed by atoms with E-state index in [9.17, 15) is 0 Å². The maximum Gasteiger partial charge on any atom is 0.161 e. The number of hydrogen-bond donors (Lipinski definition) is 0. The molecule has 0 spiro atoms. The van der Waals surface area contributed by atoms with Gasteiger partial charge in [0.05, 0.1) is 26.4 Å². The summed E-state index contributed by atoms with van der Waals surface area (Å²) in [6.45, 7) is 6.68. The number of hydrogen-bond acceptors (Lipinski definition) is 3. The lowest BCUT2D eigenvalue weighted by Crippen LogP contribution is -2.19. The predicted molar refractivity (Wildman–Crippen MR) is 66.6 cm³/mol. The number of ether oxygens (including phenoxy) is 3. The zero-order chi connectivity index (χ0) is 12.5. The van der Waals surface area contributed by atoms with Gasteiger partial charge in [-0.15, -0.1) is 0 Å². The molecule has 0 aromatic heterocycles. The van der Waals surface area contributed by atoms with Crippen molar-refractivity contribution in [3.05, 3.63) is 35.9 Å². The van der Waals surface area contributed by atoms with Crippen molar-refractivity contribution in [2.24, 2.45) is 0 Å². The quantitative estimate of drug-likeness (QED) is 0.753. The van der Waals surface area contributed by atoms with E-state index in [1.807, 2.05) is 18.2 Å². The average Bonchev–Trinajstić information content (AvgIpc) is 2.69. The lowest BCUT2D eigenvalue weighted by Gasteiger charge is -2.24. The zero-order valence-electron chi connectivity index (χ0n) is 10.6. The van der Waals surface area contributed by atoms with Crippen LogP contribution in [0.25, 0.3) is 0 Å². The van der Waals surface area contributed by atoms with Crippen molar-refractivity contribution < 1.29 is 14.2 Å². The zero-order valence-corrected chi connectivity index (χ0v) is 10.6. The van der Waals surface area contributed by atoms with E-state index >= 15 is 0 Å². The molecular weight excluding hydrogens is 216 g/mol. The first-order valence-corrected chi connectivity index (χ1v) is 5.62. The fraction of sp³-hybridized carbons (Fsp3) is 0.429. The molecule has 1 aromatic carbocycles. The van der Waals surface area contributed by atoms with Gasteiger partial charge in [0, 0.05) is 6.42 Å². The van der Waals surface area contributed by atoms with E-state index in [1.165, 1.54) is 0 Å². The van der Waals surface area contributed by atoms with Gasteiger partial charge < -0.3 is 14.2 Å². The van der Waals surface area contributed by atoms with E-state index in [2.05, 4.69) is 13.5 Å². The summed E-state index contributed by atoms with van der Waals surface area (Å²) < 4.78 is 16.3. The molecule has 0 N–H and O–H groups in total. The summed E-state index contributed by atoms with van der Waals surface area (Å²) in [4.78, 5) is 0. The van der Waals surface area contributed by atoms with E-state index in [0.717, 1.165) is 29.1 Å². The molecule has 1 aliphatic rings. The predicted octanol–water partition coefficient (Wildman–Crippen LogP) is 2.90. The van der Waals surface area contributed by atoms with Crippen molar-refractivity contribution >= 4 is 0 Å². The van der Waals surface area contributed by atoms with Crippen molar-refractivity contribution in [3.8, 4) is 11.5 Å². The van der Waals surface area contributed by atoms with Gasteiger partial charge in [0.15, 0.2) is 11.5 Å². The summed E-state index contributed by atoms with van der Waals surface area (Å²) in [6, 6.07) is 5.89. The van der Waals surface area contributed by atoms with E-state index in [0.29, 0.717) is 6.61 Å². The minimum Gasteiger partial charge on any atom is -0.493 e. The van der Waals surface area contributed by atoms with Crippen LogP contribution in [0.2, 0.25) is 0 Å². The van der Waals surface area contributed by atoms with Gasteiger partial charge in [0.1, 0.15) is 0 Å². The molecule has 1 saturated heterocycles. The van der Waals surface area contributed by atoms with Crippen molar-refractivity contribution in [1.82, 2.24) is 0 Å². The van der Waals surface area contributed by atoms with Gasteiger partial charge in [0.25, 0.3) is 0 Å². The summed E-state index contributed by atoms with van der Waals surface area (Å²) in [5.74, 6) is 1.46. The Morgan fingerprint density at radius 1 is 1.24 bits per heavy atom. The third-order valence-electron chi connectivity index (χ3n) is 3.18. The van der Waals surface area contributed by atoms with Gasteiger partial charge in [-0.3, -0.25) is 0 Å². The van der Waals surface area contributed by atoms with Gasteiger partial charge in [-0.25, -0.2) is 0 Å². The smallest absolute Gasteiger partial charge is 0.161 e. The van der Waals surface area contributed by atoms with Gasteiger partial charge >= 0.3 is 0 Å². The molecule has 0 bridgehead atoms. The van der Waals surface area contributed by atoms with Gasteiger partial charge in [0.2, 0.25) is 0 Å². The first-order chi connectivity index (χ1) is 8.09. The minimum atomic E-state index is -0.295. The fourth-order valence-corrected chi connectivity index (χ4v) is 2.19.